The second-order valence-electron chi connectivity index (χ2n) is 4.58. The summed E-state index contributed by atoms with van der Waals surface area (Å²) in [5, 5.41) is 4.12. The summed E-state index contributed by atoms with van der Waals surface area (Å²) in [6.45, 7) is 3.74. The Balaban J connectivity index is 2.51. The third kappa shape index (κ3) is 2.22. The van der Waals surface area contributed by atoms with Gasteiger partial charge in [0, 0.05) is 13.6 Å². The van der Waals surface area contributed by atoms with Crippen LogP contribution in [0.25, 0.3) is 0 Å². The lowest BCUT2D eigenvalue weighted by atomic mass is 10.3. The topological polar surface area (TPSA) is 84.6 Å². The molecule has 1 unspecified atom stereocenters. The predicted molar refractivity (Wildman–Crippen MR) is 67.7 cm³/mol. The van der Waals surface area contributed by atoms with E-state index in [0.717, 1.165) is 0 Å². The van der Waals surface area contributed by atoms with E-state index in [1.54, 1.807) is 20.9 Å². The van der Waals surface area contributed by atoms with E-state index < -0.39 is 16.2 Å². The molecule has 1 aliphatic heterocycles. The van der Waals surface area contributed by atoms with E-state index in [0.29, 0.717) is 30.8 Å². The fourth-order valence-corrected chi connectivity index (χ4v) is 4.43. The highest BCUT2D eigenvalue weighted by molar-refractivity contribution is 7.89. The summed E-state index contributed by atoms with van der Waals surface area (Å²) >= 11 is 0. The quantitative estimate of drug-likeness (QED) is 0.597. The molecule has 0 amide bonds. The Morgan fingerprint density at radius 2 is 2.11 bits per heavy atom. The summed E-state index contributed by atoms with van der Waals surface area (Å²) in [6.07, 6.45) is 2.04. The van der Waals surface area contributed by atoms with Crippen molar-refractivity contribution < 1.29 is 13.2 Å². The number of hydrogen-bond acceptors (Lipinski definition) is 5. The smallest absolute Gasteiger partial charge is 0.248 e. The van der Waals surface area contributed by atoms with E-state index in [-0.39, 0.29) is 4.90 Å². The number of carbonyl (C=O) groups excluding carboxylic acids is 1. The lowest BCUT2D eigenvalue weighted by Crippen LogP contribution is -2.35. The van der Waals surface area contributed by atoms with Gasteiger partial charge in [0.25, 0.3) is 0 Å². The maximum Gasteiger partial charge on any atom is 0.248 e. The van der Waals surface area contributed by atoms with Crippen LogP contribution in [0.4, 0.5) is 0 Å². The molecular weight excluding hydrogens is 268 g/mol. The van der Waals surface area contributed by atoms with Crippen LogP contribution in [0.5, 0.6) is 0 Å². The standard InChI is InChI=1S/C11H16N4O3S/c1-8-11(9(2)14(3)13-8)19(17,18)15-6-4-5-10(15)12-7-16/h10H,4-6H2,1-3H3. The molecule has 1 aliphatic rings. The van der Waals surface area contributed by atoms with E-state index in [9.17, 15) is 13.2 Å². The van der Waals surface area contributed by atoms with Crippen LogP contribution < -0.4 is 0 Å². The fourth-order valence-electron chi connectivity index (χ4n) is 2.44. The highest BCUT2D eigenvalue weighted by Gasteiger charge is 2.38. The van der Waals surface area contributed by atoms with Crippen LogP contribution in [-0.2, 0) is 21.9 Å². The summed E-state index contributed by atoms with van der Waals surface area (Å²) < 4.78 is 28.1. The molecule has 1 aromatic rings. The number of sulfonamides is 1. The number of aromatic nitrogens is 2. The molecule has 0 aromatic carbocycles. The third-order valence-corrected chi connectivity index (χ3v) is 5.53. The maximum atomic E-state index is 12.7. The van der Waals surface area contributed by atoms with Crippen LogP contribution in [0.1, 0.15) is 24.2 Å². The van der Waals surface area contributed by atoms with Gasteiger partial charge in [0.2, 0.25) is 16.1 Å². The zero-order valence-electron chi connectivity index (χ0n) is 11.1. The van der Waals surface area contributed by atoms with Crippen LogP contribution in [-0.4, -0.2) is 41.3 Å². The van der Waals surface area contributed by atoms with Crippen LogP contribution in [0.3, 0.4) is 0 Å². The van der Waals surface area contributed by atoms with Gasteiger partial charge in [0.15, 0.2) is 0 Å². The van der Waals surface area contributed by atoms with Crippen LogP contribution in [0.15, 0.2) is 9.89 Å². The Bertz CT molecular complexity index is 643. The lowest BCUT2D eigenvalue weighted by molar-refractivity contribution is 0.395. The van der Waals surface area contributed by atoms with Crippen LogP contribution in [0, 0.1) is 13.8 Å². The summed E-state index contributed by atoms with van der Waals surface area (Å²) in [6, 6.07) is 0. The first-order valence-corrected chi connectivity index (χ1v) is 7.42. The van der Waals surface area contributed by atoms with Gasteiger partial charge in [-0.15, -0.1) is 0 Å². The number of aryl methyl sites for hydroxylation is 2. The number of nitrogens with zero attached hydrogens (tertiary/aromatic N) is 4. The molecule has 1 atom stereocenters. The zero-order chi connectivity index (χ0) is 14.2. The molecule has 8 heteroatoms. The molecule has 0 N–H and O–H groups in total. The molecule has 2 heterocycles. The molecule has 2 rings (SSSR count). The zero-order valence-corrected chi connectivity index (χ0v) is 11.9. The Kier molecular flexibility index (Phi) is 3.58. The lowest BCUT2D eigenvalue weighted by Gasteiger charge is -2.20. The fraction of sp³-hybridized carbons (Fsp3) is 0.636. The SMILES string of the molecule is Cc1nn(C)c(C)c1S(=O)(=O)N1CCCC1N=C=O. The Labute approximate surface area is 112 Å². The molecule has 19 heavy (non-hydrogen) atoms. The molecule has 0 radical (unpaired) electrons. The maximum absolute atomic E-state index is 12.7. The van der Waals surface area contributed by atoms with Gasteiger partial charge in [-0.25, -0.2) is 13.2 Å². The minimum atomic E-state index is -3.67. The number of rotatable bonds is 3. The monoisotopic (exact) mass is 284 g/mol. The molecule has 1 fully saturated rings. The molecule has 1 aromatic heterocycles. The molecule has 0 spiro atoms. The molecule has 1 saturated heterocycles. The van der Waals surface area contributed by atoms with Gasteiger partial charge < -0.3 is 0 Å². The summed E-state index contributed by atoms with van der Waals surface area (Å²) in [5.74, 6) is 0. The van der Waals surface area contributed by atoms with Gasteiger partial charge in [-0.3, -0.25) is 4.68 Å². The van der Waals surface area contributed by atoms with E-state index in [1.165, 1.54) is 15.1 Å². The average molecular weight is 284 g/mol. The van der Waals surface area contributed by atoms with Gasteiger partial charge in [-0.1, -0.05) is 0 Å². The Hall–Kier alpha value is -1.50. The second-order valence-corrected chi connectivity index (χ2v) is 6.41. The second kappa shape index (κ2) is 4.88. The average Bonchev–Trinajstić information content (AvgIpc) is 2.86. The first-order valence-electron chi connectivity index (χ1n) is 5.98. The van der Waals surface area contributed by atoms with Crippen molar-refractivity contribution in [1.82, 2.24) is 14.1 Å². The van der Waals surface area contributed by atoms with Crippen molar-refractivity contribution in [1.29, 1.82) is 0 Å². The van der Waals surface area contributed by atoms with Gasteiger partial charge in [0.05, 0.1) is 11.4 Å². The van der Waals surface area contributed by atoms with Crippen molar-refractivity contribution in [3.8, 4) is 0 Å². The van der Waals surface area contributed by atoms with Crippen molar-refractivity contribution in [2.24, 2.45) is 12.0 Å². The number of aliphatic imine (C=N–C) groups is 1. The van der Waals surface area contributed by atoms with Crippen molar-refractivity contribution in [2.45, 2.75) is 37.8 Å². The summed E-state index contributed by atoms with van der Waals surface area (Å²) in [5.41, 5.74) is 1.04. The molecule has 0 saturated carbocycles. The van der Waals surface area contributed by atoms with E-state index in [4.69, 9.17) is 0 Å². The summed E-state index contributed by atoms with van der Waals surface area (Å²) in [4.78, 5) is 14.2. The van der Waals surface area contributed by atoms with Crippen molar-refractivity contribution in [3.63, 3.8) is 0 Å². The number of isocyanates is 1. The molecule has 7 nitrogen and oxygen atoms in total. The first kappa shape index (κ1) is 13.9. The first-order chi connectivity index (χ1) is 8.89. The predicted octanol–water partition coefficient (Wildman–Crippen LogP) is 0.483. The minimum absolute atomic E-state index is 0.211. The number of hydrogen-bond donors (Lipinski definition) is 0. The van der Waals surface area contributed by atoms with Crippen molar-refractivity contribution >= 4 is 16.1 Å². The minimum Gasteiger partial charge on any atom is -0.271 e. The van der Waals surface area contributed by atoms with Gasteiger partial charge >= 0.3 is 0 Å². The highest BCUT2D eigenvalue weighted by atomic mass is 32.2. The van der Waals surface area contributed by atoms with Gasteiger partial charge in [0.1, 0.15) is 11.1 Å². The highest BCUT2D eigenvalue weighted by Crippen LogP contribution is 2.29. The molecule has 0 bridgehead atoms. The van der Waals surface area contributed by atoms with Crippen LogP contribution >= 0.6 is 0 Å². The van der Waals surface area contributed by atoms with Crippen LogP contribution in [0.2, 0.25) is 0 Å². The molecular formula is C11H16N4O3S. The Morgan fingerprint density at radius 3 is 2.63 bits per heavy atom. The largest absolute Gasteiger partial charge is 0.271 e. The summed E-state index contributed by atoms with van der Waals surface area (Å²) in [7, 11) is -1.97. The van der Waals surface area contributed by atoms with Gasteiger partial charge in [-0.2, -0.15) is 14.4 Å². The van der Waals surface area contributed by atoms with E-state index in [1.807, 2.05) is 0 Å². The normalized spacial score (nSPS) is 20.5. The molecule has 104 valence electrons. The third-order valence-electron chi connectivity index (χ3n) is 3.38. The van der Waals surface area contributed by atoms with Crippen molar-refractivity contribution in [2.75, 3.05) is 6.54 Å². The van der Waals surface area contributed by atoms with E-state index in [2.05, 4.69) is 10.1 Å². The molecule has 0 aliphatic carbocycles. The Morgan fingerprint density at radius 1 is 1.42 bits per heavy atom. The van der Waals surface area contributed by atoms with E-state index >= 15 is 0 Å². The van der Waals surface area contributed by atoms with Gasteiger partial charge in [-0.05, 0) is 26.7 Å². The van der Waals surface area contributed by atoms with Crippen molar-refractivity contribution in [3.05, 3.63) is 11.4 Å².